The molecular weight excluding hydrogens is 264 g/mol. The van der Waals surface area contributed by atoms with Crippen molar-refractivity contribution in [1.82, 2.24) is 5.32 Å². The summed E-state index contributed by atoms with van der Waals surface area (Å²) in [6.45, 7) is 6.68. The van der Waals surface area contributed by atoms with E-state index in [4.69, 9.17) is 14.4 Å². The molecule has 1 unspecified atom stereocenters. The van der Waals surface area contributed by atoms with Crippen LogP contribution >= 0.6 is 0 Å². The van der Waals surface area contributed by atoms with Crippen LogP contribution in [-0.2, 0) is 6.54 Å². The van der Waals surface area contributed by atoms with Crippen molar-refractivity contribution >= 4 is 0 Å². The Morgan fingerprint density at radius 2 is 1.95 bits per heavy atom. The van der Waals surface area contributed by atoms with Gasteiger partial charge in [-0.1, -0.05) is 18.2 Å². The average Bonchev–Trinajstić information content (AvgIpc) is 2.93. The summed E-state index contributed by atoms with van der Waals surface area (Å²) in [6.07, 6.45) is 0.140. The zero-order valence-electron chi connectivity index (χ0n) is 12.6. The van der Waals surface area contributed by atoms with E-state index in [1.54, 1.807) is 6.07 Å². The smallest absolute Gasteiger partial charge is 0.203 e. The van der Waals surface area contributed by atoms with Gasteiger partial charge in [0.05, 0.1) is 12.6 Å². The molecule has 0 spiro atoms. The molecule has 1 heterocycles. The van der Waals surface area contributed by atoms with Crippen molar-refractivity contribution in [2.75, 3.05) is 0 Å². The minimum atomic E-state index is 0.121. The van der Waals surface area contributed by atoms with Crippen molar-refractivity contribution in [3.63, 3.8) is 0 Å². The van der Waals surface area contributed by atoms with Gasteiger partial charge in [0, 0.05) is 11.6 Å². The van der Waals surface area contributed by atoms with Crippen LogP contribution in [0.25, 0.3) is 0 Å². The summed E-state index contributed by atoms with van der Waals surface area (Å²) in [5.74, 6) is 1.98. The van der Waals surface area contributed by atoms with Crippen molar-refractivity contribution in [3.05, 3.63) is 53.5 Å². The number of nitriles is 1. The summed E-state index contributed by atoms with van der Waals surface area (Å²) in [5.41, 5.74) is 1.11. The number of hydrogen-bond acceptors (Lipinski definition) is 4. The first-order valence-electron chi connectivity index (χ1n) is 7.08. The number of hydrogen-bond donors (Lipinski definition) is 1. The minimum absolute atomic E-state index is 0.121. The van der Waals surface area contributed by atoms with Gasteiger partial charge in [-0.3, -0.25) is 0 Å². The molecule has 0 fully saturated rings. The van der Waals surface area contributed by atoms with Crippen LogP contribution in [0.5, 0.6) is 5.75 Å². The summed E-state index contributed by atoms with van der Waals surface area (Å²) in [4.78, 5) is 0. The average molecular weight is 284 g/mol. The molecule has 4 heteroatoms. The van der Waals surface area contributed by atoms with Gasteiger partial charge < -0.3 is 14.5 Å². The lowest BCUT2D eigenvalue weighted by Crippen LogP contribution is -2.19. The Kier molecular flexibility index (Phi) is 5.02. The van der Waals surface area contributed by atoms with Crippen molar-refractivity contribution in [2.45, 2.75) is 39.5 Å². The van der Waals surface area contributed by atoms with Crippen LogP contribution in [0.3, 0.4) is 0 Å². The maximum atomic E-state index is 8.75. The molecule has 21 heavy (non-hydrogen) atoms. The number of furan rings is 1. The van der Waals surface area contributed by atoms with Gasteiger partial charge in [-0.2, -0.15) is 5.26 Å². The van der Waals surface area contributed by atoms with Crippen molar-refractivity contribution < 1.29 is 9.15 Å². The van der Waals surface area contributed by atoms with E-state index < -0.39 is 0 Å². The molecule has 0 bridgehead atoms. The largest absolute Gasteiger partial charge is 0.491 e. The zero-order chi connectivity index (χ0) is 15.2. The lowest BCUT2D eigenvalue weighted by atomic mass is 10.1. The molecular formula is C17H20N2O2. The molecule has 1 N–H and O–H groups in total. The first-order chi connectivity index (χ1) is 10.1. The topological polar surface area (TPSA) is 58.2 Å². The molecule has 110 valence electrons. The van der Waals surface area contributed by atoms with E-state index >= 15 is 0 Å². The van der Waals surface area contributed by atoms with Gasteiger partial charge in [0.2, 0.25) is 5.76 Å². The highest BCUT2D eigenvalue weighted by Gasteiger charge is 2.12. The fourth-order valence-corrected chi connectivity index (χ4v) is 2.10. The normalized spacial score (nSPS) is 12.1. The zero-order valence-corrected chi connectivity index (χ0v) is 12.6. The third-order valence-electron chi connectivity index (χ3n) is 3.10. The Morgan fingerprint density at radius 3 is 2.62 bits per heavy atom. The molecule has 1 aromatic carbocycles. The van der Waals surface area contributed by atoms with E-state index in [0.717, 1.165) is 17.1 Å². The van der Waals surface area contributed by atoms with Crippen LogP contribution in [0, 0.1) is 11.3 Å². The second-order valence-electron chi connectivity index (χ2n) is 5.18. The van der Waals surface area contributed by atoms with E-state index in [1.165, 1.54) is 0 Å². The van der Waals surface area contributed by atoms with Crippen LogP contribution < -0.4 is 10.1 Å². The summed E-state index contributed by atoms with van der Waals surface area (Å²) in [5, 5.41) is 12.1. The monoisotopic (exact) mass is 284 g/mol. The summed E-state index contributed by atoms with van der Waals surface area (Å²) in [6, 6.07) is 13.6. The number of para-hydroxylation sites is 1. The SMILES string of the molecule is CC(C)Oc1ccccc1C(C)NCc1ccc(C#N)o1. The van der Waals surface area contributed by atoms with Gasteiger partial charge >= 0.3 is 0 Å². The standard InChI is InChI=1S/C17H20N2O2/c1-12(2)20-17-7-5-4-6-16(17)13(3)19-11-15-9-8-14(10-18)21-15/h4-9,12-13,19H,11H2,1-3H3. The second-order valence-corrected chi connectivity index (χ2v) is 5.18. The van der Waals surface area contributed by atoms with Crippen LogP contribution in [-0.4, -0.2) is 6.10 Å². The highest BCUT2D eigenvalue weighted by Crippen LogP contribution is 2.26. The lowest BCUT2D eigenvalue weighted by Gasteiger charge is -2.19. The Bertz CT molecular complexity index is 626. The molecule has 1 atom stereocenters. The molecule has 2 aromatic rings. The van der Waals surface area contributed by atoms with Crippen LogP contribution in [0.1, 0.15) is 43.9 Å². The Balaban J connectivity index is 2.03. The maximum Gasteiger partial charge on any atom is 0.203 e. The maximum absolute atomic E-state index is 8.75. The fourth-order valence-electron chi connectivity index (χ4n) is 2.10. The van der Waals surface area contributed by atoms with Gasteiger partial charge in [-0.05, 0) is 39.0 Å². The summed E-state index contributed by atoms with van der Waals surface area (Å²) in [7, 11) is 0. The van der Waals surface area contributed by atoms with Crippen molar-refractivity contribution in [3.8, 4) is 11.8 Å². The second kappa shape index (κ2) is 6.96. The Hall–Kier alpha value is -2.25. The van der Waals surface area contributed by atoms with Crippen LogP contribution in [0.15, 0.2) is 40.8 Å². The minimum Gasteiger partial charge on any atom is -0.491 e. The van der Waals surface area contributed by atoms with Crippen molar-refractivity contribution in [1.29, 1.82) is 5.26 Å². The number of nitrogens with one attached hydrogen (secondary N) is 1. The van der Waals surface area contributed by atoms with E-state index in [2.05, 4.69) is 18.3 Å². The quantitative estimate of drug-likeness (QED) is 0.876. The molecule has 4 nitrogen and oxygen atoms in total. The van der Waals surface area contributed by atoms with Gasteiger partial charge in [-0.25, -0.2) is 0 Å². The molecule has 0 saturated heterocycles. The van der Waals surface area contributed by atoms with Gasteiger partial charge in [0.1, 0.15) is 17.6 Å². The first kappa shape index (κ1) is 15.1. The molecule has 0 aliphatic carbocycles. The third-order valence-corrected chi connectivity index (χ3v) is 3.10. The Labute approximate surface area is 125 Å². The molecule has 2 rings (SSSR count). The number of benzene rings is 1. The van der Waals surface area contributed by atoms with Crippen LogP contribution in [0.4, 0.5) is 0 Å². The Morgan fingerprint density at radius 1 is 1.19 bits per heavy atom. The van der Waals surface area contributed by atoms with E-state index in [1.807, 2.05) is 44.2 Å². The summed E-state index contributed by atoms with van der Waals surface area (Å²) < 4.78 is 11.2. The van der Waals surface area contributed by atoms with E-state index in [0.29, 0.717) is 12.3 Å². The van der Waals surface area contributed by atoms with E-state index in [9.17, 15) is 0 Å². The number of nitrogens with zero attached hydrogens (tertiary/aromatic N) is 1. The van der Waals surface area contributed by atoms with Gasteiger partial charge in [0.25, 0.3) is 0 Å². The van der Waals surface area contributed by atoms with Gasteiger partial charge in [0.15, 0.2) is 0 Å². The van der Waals surface area contributed by atoms with Crippen molar-refractivity contribution in [2.24, 2.45) is 0 Å². The highest BCUT2D eigenvalue weighted by molar-refractivity contribution is 5.35. The first-order valence-corrected chi connectivity index (χ1v) is 7.08. The summed E-state index contributed by atoms with van der Waals surface area (Å²) >= 11 is 0. The molecule has 0 aliphatic heterocycles. The predicted octanol–water partition coefficient (Wildman–Crippen LogP) is 3.79. The molecule has 1 aromatic heterocycles. The van der Waals surface area contributed by atoms with E-state index in [-0.39, 0.29) is 12.1 Å². The number of ether oxygens (including phenoxy) is 1. The molecule has 0 amide bonds. The lowest BCUT2D eigenvalue weighted by molar-refractivity contribution is 0.238. The van der Waals surface area contributed by atoms with Gasteiger partial charge in [-0.15, -0.1) is 0 Å². The van der Waals surface area contributed by atoms with Crippen LogP contribution in [0.2, 0.25) is 0 Å². The molecule has 0 aliphatic rings. The molecule has 0 radical (unpaired) electrons. The molecule has 0 saturated carbocycles. The third kappa shape index (κ3) is 4.11. The highest BCUT2D eigenvalue weighted by atomic mass is 16.5. The predicted molar refractivity (Wildman–Crippen MR) is 80.9 cm³/mol. The number of rotatable bonds is 6. The fraction of sp³-hybridized carbons (Fsp3) is 0.353.